The second-order valence-corrected chi connectivity index (χ2v) is 5.66. The highest BCUT2D eigenvalue weighted by Crippen LogP contribution is 2.34. The molecule has 0 aliphatic rings. The van der Waals surface area contributed by atoms with Crippen LogP contribution in [0.1, 0.15) is 16.7 Å². The van der Waals surface area contributed by atoms with Gasteiger partial charge in [0.15, 0.2) is 0 Å². The minimum atomic E-state index is -0.233. The Hall–Kier alpha value is -2.13. The number of hydrogen-bond donors (Lipinski definition) is 0. The molecule has 0 atom stereocenters. The Kier molecular flexibility index (Phi) is 3.99. The molecule has 0 unspecified atom stereocenters. The smallest absolute Gasteiger partial charge is 0.148 e. The van der Waals surface area contributed by atoms with E-state index >= 15 is 0 Å². The Balaban J connectivity index is 2.04. The normalized spacial score (nSPS) is 10.9. The summed E-state index contributed by atoms with van der Waals surface area (Å²) >= 11 is 6.34. The van der Waals surface area contributed by atoms with E-state index in [9.17, 15) is 4.39 Å². The summed E-state index contributed by atoms with van der Waals surface area (Å²) in [5.41, 5.74) is 3.76. The molecular formula is C18H15ClFNO. The molecule has 0 radical (unpaired) electrons. The van der Waals surface area contributed by atoms with Crippen molar-refractivity contribution in [1.29, 1.82) is 0 Å². The fraction of sp³-hybridized carbons (Fsp3) is 0.167. The van der Waals surface area contributed by atoms with Crippen molar-refractivity contribution in [2.24, 2.45) is 0 Å². The van der Waals surface area contributed by atoms with Gasteiger partial charge in [0.1, 0.15) is 17.1 Å². The maximum Gasteiger partial charge on any atom is 0.148 e. The largest absolute Gasteiger partial charge is 0.494 e. The molecule has 0 N–H and O–H groups in total. The summed E-state index contributed by atoms with van der Waals surface area (Å²) in [6.45, 7) is 1.94. The molecule has 0 aliphatic carbocycles. The van der Waals surface area contributed by atoms with E-state index in [4.69, 9.17) is 16.3 Å². The van der Waals surface area contributed by atoms with E-state index in [-0.39, 0.29) is 5.82 Å². The molecule has 0 aliphatic heterocycles. The second kappa shape index (κ2) is 5.93. The molecule has 4 heteroatoms. The van der Waals surface area contributed by atoms with Gasteiger partial charge in [-0.05, 0) is 54.3 Å². The number of hydrogen-bond acceptors (Lipinski definition) is 2. The number of halogens is 2. The van der Waals surface area contributed by atoms with Crippen LogP contribution in [0.3, 0.4) is 0 Å². The molecule has 2 aromatic carbocycles. The van der Waals surface area contributed by atoms with E-state index in [1.807, 2.05) is 25.3 Å². The third-order valence-electron chi connectivity index (χ3n) is 3.64. The molecule has 1 aromatic heterocycles. The summed E-state index contributed by atoms with van der Waals surface area (Å²) in [6, 6.07) is 10.4. The Bertz CT molecular complexity index is 831. The average Bonchev–Trinajstić information content (AvgIpc) is 2.50. The lowest BCUT2D eigenvalue weighted by Gasteiger charge is -2.11. The molecule has 0 bridgehead atoms. The van der Waals surface area contributed by atoms with Crippen LogP contribution in [0.15, 0.2) is 42.6 Å². The van der Waals surface area contributed by atoms with Crippen molar-refractivity contribution in [1.82, 2.24) is 4.98 Å². The predicted octanol–water partition coefficient (Wildman–Crippen LogP) is 4.94. The molecule has 3 aromatic rings. The minimum Gasteiger partial charge on any atom is -0.494 e. The average molecular weight is 316 g/mol. The zero-order valence-corrected chi connectivity index (χ0v) is 13.1. The topological polar surface area (TPSA) is 22.1 Å². The number of fused-ring (bicyclic) bond motifs is 1. The van der Waals surface area contributed by atoms with Gasteiger partial charge < -0.3 is 4.74 Å². The van der Waals surface area contributed by atoms with Crippen molar-refractivity contribution >= 4 is 22.5 Å². The van der Waals surface area contributed by atoms with E-state index in [1.165, 1.54) is 12.1 Å². The standard InChI is InChI=1S/C18H15ClFNO/c1-11-7-16(19)15-9-13(10-21-17(15)18(11)22-2)8-12-3-5-14(20)6-4-12/h3-7,9-10H,8H2,1-2H3. The maximum atomic E-state index is 13.0. The van der Waals surface area contributed by atoms with Gasteiger partial charge in [-0.15, -0.1) is 0 Å². The molecule has 22 heavy (non-hydrogen) atoms. The Morgan fingerprint density at radius 3 is 2.55 bits per heavy atom. The highest BCUT2D eigenvalue weighted by molar-refractivity contribution is 6.35. The number of methoxy groups -OCH3 is 1. The number of aryl methyl sites for hydroxylation is 1. The van der Waals surface area contributed by atoms with Crippen molar-refractivity contribution in [2.45, 2.75) is 13.3 Å². The molecule has 0 fully saturated rings. The van der Waals surface area contributed by atoms with Crippen molar-refractivity contribution in [3.63, 3.8) is 0 Å². The van der Waals surface area contributed by atoms with Gasteiger partial charge in [-0.1, -0.05) is 23.7 Å². The van der Waals surface area contributed by atoms with Crippen LogP contribution in [-0.4, -0.2) is 12.1 Å². The van der Waals surface area contributed by atoms with E-state index in [0.717, 1.165) is 33.3 Å². The van der Waals surface area contributed by atoms with E-state index in [2.05, 4.69) is 4.98 Å². The minimum absolute atomic E-state index is 0.233. The molecule has 0 saturated heterocycles. The van der Waals surface area contributed by atoms with Gasteiger partial charge in [-0.3, -0.25) is 4.98 Å². The number of pyridine rings is 1. The number of benzene rings is 2. The van der Waals surface area contributed by atoms with Crippen LogP contribution >= 0.6 is 11.6 Å². The summed E-state index contributed by atoms with van der Waals surface area (Å²) in [7, 11) is 1.63. The lowest BCUT2D eigenvalue weighted by atomic mass is 10.0. The lowest BCUT2D eigenvalue weighted by molar-refractivity contribution is 0.416. The van der Waals surface area contributed by atoms with Crippen LogP contribution in [-0.2, 0) is 6.42 Å². The van der Waals surface area contributed by atoms with Crippen molar-refractivity contribution < 1.29 is 9.13 Å². The summed E-state index contributed by atoms with van der Waals surface area (Å²) < 4.78 is 18.4. The van der Waals surface area contributed by atoms with E-state index in [0.29, 0.717) is 11.4 Å². The van der Waals surface area contributed by atoms with Crippen LogP contribution in [0, 0.1) is 12.7 Å². The van der Waals surface area contributed by atoms with Gasteiger partial charge in [0.2, 0.25) is 0 Å². The Morgan fingerprint density at radius 2 is 1.86 bits per heavy atom. The zero-order valence-electron chi connectivity index (χ0n) is 12.4. The molecule has 3 rings (SSSR count). The first kappa shape index (κ1) is 14.8. The van der Waals surface area contributed by atoms with Crippen molar-refractivity contribution in [2.75, 3.05) is 7.11 Å². The van der Waals surface area contributed by atoms with Crippen LogP contribution in [0.5, 0.6) is 5.75 Å². The summed E-state index contributed by atoms with van der Waals surface area (Å²) in [5.74, 6) is 0.511. The van der Waals surface area contributed by atoms with Crippen molar-refractivity contribution in [3.8, 4) is 5.75 Å². The van der Waals surface area contributed by atoms with Gasteiger partial charge in [0.05, 0.1) is 12.1 Å². The predicted molar refractivity (Wildman–Crippen MR) is 87.2 cm³/mol. The maximum absolute atomic E-state index is 13.0. The fourth-order valence-corrected chi connectivity index (χ4v) is 2.89. The van der Waals surface area contributed by atoms with Crippen LogP contribution in [0.2, 0.25) is 5.02 Å². The highest BCUT2D eigenvalue weighted by Gasteiger charge is 2.11. The fourth-order valence-electron chi connectivity index (χ4n) is 2.58. The first-order chi connectivity index (χ1) is 10.6. The van der Waals surface area contributed by atoms with Crippen LogP contribution in [0.25, 0.3) is 10.9 Å². The van der Waals surface area contributed by atoms with E-state index < -0.39 is 0 Å². The van der Waals surface area contributed by atoms with Crippen molar-refractivity contribution in [3.05, 3.63) is 70.1 Å². The Morgan fingerprint density at radius 1 is 1.14 bits per heavy atom. The van der Waals surface area contributed by atoms with Gasteiger partial charge in [0.25, 0.3) is 0 Å². The second-order valence-electron chi connectivity index (χ2n) is 5.25. The molecular weight excluding hydrogens is 301 g/mol. The third kappa shape index (κ3) is 2.77. The first-order valence-electron chi connectivity index (χ1n) is 6.94. The molecule has 1 heterocycles. The third-order valence-corrected chi connectivity index (χ3v) is 3.96. The van der Waals surface area contributed by atoms with Gasteiger partial charge in [-0.25, -0.2) is 4.39 Å². The monoisotopic (exact) mass is 315 g/mol. The molecule has 112 valence electrons. The summed E-state index contributed by atoms with van der Waals surface area (Å²) in [6.07, 6.45) is 2.49. The lowest BCUT2D eigenvalue weighted by Crippen LogP contribution is -1.95. The first-order valence-corrected chi connectivity index (χ1v) is 7.32. The Labute approximate surface area is 133 Å². The van der Waals surface area contributed by atoms with Crippen LogP contribution < -0.4 is 4.74 Å². The number of nitrogens with zero attached hydrogens (tertiary/aromatic N) is 1. The van der Waals surface area contributed by atoms with Gasteiger partial charge in [-0.2, -0.15) is 0 Å². The van der Waals surface area contributed by atoms with Crippen LogP contribution in [0.4, 0.5) is 4.39 Å². The molecule has 0 spiro atoms. The molecule has 2 nitrogen and oxygen atoms in total. The summed E-state index contributed by atoms with van der Waals surface area (Å²) in [4.78, 5) is 4.50. The van der Waals surface area contributed by atoms with Gasteiger partial charge >= 0.3 is 0 Å². The quantitative estimate of drug-likeness (QED) is 0.683. The number of ether oxygens (including phenoxy) is 1. The molecule has 0 saturated carbocycles. The van der Waals surface area contributed by atoms with Gasteiger partial charge in [0, 0.05) is 11.6 Å². The highest BCUT2D eigenvalue weighted by atomic mass is 35.5. The zero-order chi connectivity index (χ0) is 15.7. The summed E-state index contributed by atoms with van der Waals surface area (Å²) in [5, 5.41) is 1.52. The molecule has 0 amide bonds. The SMILES string of the molecule is COc1c(C)cc(Cl)c2cc(Cc3ccc(F)cc3)cnc12. The van der Waals surface area contributed by atoms with E-state index in [1.54, 1.807) is 19.2 Å². The number of aromatic nitrogens is 1. The number of rotatable bonds is 3.